The van der Waals surface area contributed by atoms with Gasteiger partial charge in [0.2, 0.25) is 0 Å². The summed E-state index contributed by atoms with van der Waals surface area (Å²) in [6, 6.07) is 0. The summed E-state index contributed by atoms with van der Waals surface area (Å²) < 4.78 is 4.23. The zero-order valence-corrected chi connectivity index (χ0v) is 9.09. The molecule has 7 heteroatoms. The van der Waals surface area contributed by atoms with Gasteiger partial charge in [-0.2, -0.15) is 0 Å². The lowest BCUT2D eigenvalue weighted by Crippen LogP contribution is -2.15. The maximum Gasteiger partial charge on any atom is 0.341 e. The highest BCUT2D eigenvalue weighted by Crippen LogP contribution is 2.02. The van der Waals surface area contributed by atoms with Gasteiger partial charge in [-0.15, -0.1) is 0 Å². The molecule has 0 aromatic carbocycles. The quantitative estimate of drug-likeness (QED) is 0.408. The number of carboxylic acids is 2. The molecule has 92 valence electrons. The molecule has 0 radical (unpaired) electrons. The van der Waals surface area contributed by atoms with Gasteiger partial charge in [-0.3, -0.25) is 0 Å². The minimum absolute atomic E-state index is 0.283. The van der Waals surface area contributed by atoms with E-state index in [4.69, 9.17) is 10.2 Å². The average Bonchev–Trinajstić information content (AvgIpc) is 2.15. The second kappa shape index (κ2) is 6.21. The molecule has 0 fully saturated rings. The minimum Gasteiger partial charge on any atom is -0.478 e. The van der Waals surface area contributed by atoms with Crippen molar-refractivity contribution in [2.75, 3.05) is 0 Å². The third-order valence-corrected chi connectivity index (χ3v) is 1.51. The molecule has 0 unspecified atom stereocenters. The van der Waals surface area contributed by atoms with Crippen LogP contribution in [0.15, 0.2) is 23.3 Å². The van der Waals surface area contributed by atoms with Crippen LogP contribution in [-0.2, 0) is 23.9 Å². The van der Waals surface area contributed by atoms with Crippen molar-refractivity contribution in [3.63, 3.8) is 0 Å². The van der Waals surface area contributed by atoms with E-state index in [0.29, 0.717) is 12.2 Å². The molecule has 0 aromatic heterocycles. The number of aliphatic carboxylic acids is 2. The van der Waals surface area contributed by atoms with Crippen LogP contribution in [0.5, 0.6) is 0 Å². The molecule has 0 saturated carbocycles. The minimum atomic E-state index is -1.36. The first-order valence-corrected chi connectivity index (χ1v) is 4.33. The molecule has 0 aliphatic heterocycles. The first-order valence-electron chi connectivity index (χ1n) is 4.33. The van der Waals surface area contributed by atoms with E-state index >= 15 is 0 Å². The molecule has 2 N–H and O–H groups in total. The highest BCUT2D eigenvalue weighted by molar-refractivity contribution is 6.05. The summed E-state index contributed by atoms with van der Waals surface area (Å²) in [5.74, 6) is -5.00. The van der Waals surface area contributed by atoms with E-state index in [1.54, 1.807) is 0 Å². The normalized spacial score (nSPS) is 11.9. The number of hydrogen-bond acceptors (Lipinski definition) is 5. The monoisotopic (exact) mass is 242 g/mol. The van der Waals surface area contributed by atoms with E-state index in [2.05, 4.69) is 4.74 Å². The zero-order valence-electron chi connectivity index (χ0n) is 9.09. The molecule has 0 aliphatic carbocycles. The molecule has 0 bridgehead atoms. The molecule has 0 amide bonds. The number of carbonyl (C=O) groups excluding carboxylic acids is 2. The van der Waals surface area contributed by atoms with Gasteiger partial charge in [0.1, 0.15) is 0 Å². The molecule has 17 heavy (non-hydrogen) atoms. The average molecular weight is 242 g/mol. The van der Waals surface area contributed by atoms with Gasteiger partial charge in [-0.25, -0.2) is 19.2 Å². The zero-order chi connectivity index (χ0) is 13.6. The topological polar surface area (TPSA) is 118 Å². The predicted octanol–water partition coefficient (Wildman–Crippen LogP) is 0.118. The third kappa shape index (κ3) is 5.88. The predicted molar refractivity (Wildman–Crippen MR) is 53.9 cm³/mol. The maximum absolute atomic E-state index is 11.1. The Balaban J connectivity index is 4.67. The molecule has 0 saturated heterocycles. The number of esters is 2. The summed E-state index contributed by atoms with van der Waals surface area (Å²) in [4.78, 5) is 42.7. The largest absolute Gasteiger partial charge is 0.478 e. The summed E-state index contributed by atoms with van der Waals surface area (Å²) in [6.07, 6.45) is 1.15. The van der Waals surface area contributed by atoms with Gasteiger partial charge in [0.25, 0.3) is 0 Å². The fourth-order valence-electron chi connectivity index (χ4n) is 0.733. The smallest absolute Gasteiger partial charge is 0.341 e. The van der Waals surface area contributed by atoms with Crippen LogP contribution in [0.1, 0.15) is 13.8 Å². The highest BCUT2D eigenvalue weighted by Gasteiger charge is 2.15. The SMILES string of the molecule is C/C(=C/C(=O)O)C(=O)OC(=O)/C(C)=C\C(=O)O. The fraction of sp³-hybridized carbons (Fsp3) is 0.200. The molecule has 0 aromatic rings. The van der Waals surface area contributed by atoms with Crippen molar-refractivity contribution in [3.8, 4) is 0 Å². The lowest BCUT2D eigenvalue weighted by Gasteiger charge is -2.01. The molecule has 0 heterocycles. The second-order valence-corrected chi connectivity index (χ2v) is 3.01. The van der Waals surface area contributed by atoms with Gasteiger partial charge in [-0.05, 0) is 13.8 Å². The Morgan fingerprint density at radius 3 is 1.35 bits per heavy atom. The summed E-state index contributed by atoms with van der Waals surface area (Å²) >= 11 is 0. The molecule has 0 aliphatic rings. The Labute approximate surface area is 96.0 Å². The Hall–Kier alpha value is -2.44. The van der Waals surface area contributed by atoms with Crippen LogP contribution in [0.3, 0.4) is 0 Å². The van der Waals surface area contributed by atoms with Crippen molar-refractivity contribution in [1.29, 1.82) is 0 Å². The van der Waals surface area contributed by atoms with Crippen LogP contribution in [0, 0.1) is 0 Å². The number of carboxylic acid groups (broad SMARTS) is 2. The Bertz CT molecular complexity index is 388. The van der Waals surface area contributed by atoms with E-state index in [1.165, 1.54) is 0 Å². The first kappa shape index (κ1) is 14.6. The van der Waals surface area contributed by atoms with Gasteiger partial charge in [0, 0.05) is 23.3 Å². The number of hydrogen-bond donors (Lipinski definition) is 2. The van der Waals surface area contributed by atoms with Crippen LogP contribution in [0.2, 0.25) is 0 Å². The van der Waals surface area contributed by atoms with E-state index in [1.807, 2.05) is 0 Å². The summed E-state index contributed by atoms with van der Waals surface area (Å²) in [6.45, 7) is 2.31. The number of rotatable bonds is 4. The van der Waals surface area contributed by atoms with E-state index in [9.17, 15) is 19.2 Å². The van der Waals surface area contributed by atoms with Gasteiger partial charge in [-0.1, -0.05) is 0 Å². The highest BCUT2D eigenvalue weighted by atomic mass is 16.6. The lowest BCUT2D eigenvalue weighted by molar-refractivity contribution is -0.154. The first-order chi connectivity index (χ1) is 7.73. The van der Waals surface area contributed by atoms with Gasteiger partial charge < -0.3 is 14.9 Å². The van der Waals surface area contributed by atoms with Crippen LogP contribution >= 0.6 is 0 Å². The van der Waals surface area contributed by atoms with Crippen LogP contribution in [-0.4, -0.2) is 34.1 Å². The van der Waals surface area contributed by atoms with E-state index in [0.717, 1.165) is 13.8 Å². The van der Waals surface area contributed by atoms with Crippen molar-refractivity contribution < 1.29 is 34.1 Å². The van der Waals surface area contributed by atoms with Crippen molar-refractivity contribution in [3.05, 3.63) is 23.3 Å². The van der Waals surface area contributed by atoms with Crippen molar-refractivity contribution >= 4 is 23.9 Å². The van der Waals surface area contributed by atoms with Crippen molar-refractivity contribution in [2.45, 2.75) is 13.8 Å². The summed E-state index contributed by atoms with van der Waals surface area (Å²) in [7, 11) is 0. The lowest BCUT2D eigenvalue weighted by atomic mass is 10.2. The standard InChI is InChI=1S/C10H10O7/c1-5(3-7(11)12)9(15)17-10(16)6(2)4-8(13)14/h3-4H,1-2H3,(H,11,12)(H,13,14)/b5-3-,6-4-. The number of carbonyl (C=O) groups is 4. The van der Waals surface area contributed by atoms with Gasteiger partial charge in [0.15, 0.2) is 0 Å². The molecular formula is C10H10O7. The molecule has 7 nitrogen and oxygen atoms in total. The van der Waals surface area contributed by atoms with Gasteiger partial charge >= 0.3 is 23.9 Å². The Morgan fingerprint density at radius 2 is 1.12 bits per heavy atom. The van der Waals surface area contributed by atoms with Crippen LogP contribution in [0.4, 0.5) is 0 Å². The van der Waals surface area contributed by atoms with Crippen molar-refractivity contribution in [2.24, 2.45) is 0 Å². The van der Waals surface area contributed by atoms with Crippen LogP contribution in [0.25, 0.3) is 0 Å². The summed E-state index contributed by atoms with van der Waals surface area (Å²) in [5, 5.41) is 16.7. The fourth-order valence-corrected chi connectivity index (χ4v) is 0.733. The molecule has 0 atom stereocenters. The molecule has 0 rings (SSSR count). The molecule has 0 spiro atoms. The maximum atomic E-state index is 11.1. The van der Waals surface area contributed by atoms with E-state index in [-0.39, 0.29) is 11.1 Å². The number of ether oxygens (including phenoxy) is 1. The Morgan fingerprint density at radius 1 is 0.824 bits per heavy atom. The van der Waals surface area contributed by atoms with Gasteiger partial charge in [0.05, 0.1) is 0 Å². The third-order valence-electron chi connectivity index (χ3n) is 1.51. The Kier molecular flexibility index (Phi) is 5.32. The second-order valence-electron chi connectivity index (χ2n) is 3.01. The van der Waals surface area contributed by atoms with Crippen molar-refractivity contribution in [1.82, 2.24) is 0 Å². The summed E-state index contributed by atoms with van der Waals surface area (Å²) in [5.41, 5.74) is -0.567. The van der Waals surface area contributed by atoms with E-state index < -0.39 is 23.9 Å². The molecular weight excluding hydrogens is 232 g/mol. The van der Waals surface area contributed by atoms with Crippen LogP contribution < -0.4 is 0 Å².